The standard InChI is InChI=1S/C14H16BrClINO/c15-10-5-6-13(17)11(7-10)14(19)18-8-9-3-1-2-4-12(9)16/h5-7,9,12H,1-4,8H2,(H,18,19). The topological polar surface area (TPSA) is 29.1 Å². The third kappa shape index (κ3) is 4.33. The summed E-state index contributed by atoms with van der Waals surface area (Å²) >= 11 is 11.9. The fourth-order valence-electron chi connectivity index (χ4n) is 2.38. The number of benzene rings is 1. The SMILES string of the molecule is O=C(NCC1CCCCC1Cl)c1cc(Br)ccc1I. The van der Waals surface area contributed by atoms with Gasteiger partial charge in [0.2, 0.25) is 0 Å². The van der Waals surface area contributed by atoms with Crippen molar-refractivity contribution in [1.82, 2.24) is 5.32 Å². The molecule has 0 aliphatic heterocycles. The number of hydrogen-bond donors (Lipinski definition) is 1. The minimum absolute atomic E-state index is 0.0138. The van der Waals surface area contributed by atoms with E-state index in [1.165, 1.54) is 12.8 Å². The van der Waals surface area contributed by atoms with Crippen LogP contribution in [0.5, 0.6) is 0 Å². The van der Waals surface area contributed by atoms with Gasteiger partial charge in [-0.25, -0.2) is 0 Å². The zero-order valence-corrected chi connectivity index (χ0v) is 15.0. The highest BCUT2D eigenvalue weighted by molar-refractivity contribution is 14.1. The van der Waals surface area contributed by atoms with Crippen LogP contribution in [0.2, 0.25) is 0 Å². The van der Waals surface area contributed by atoms with Gasteiger partial charge in [0.25, 0.3) is 5.91 Å². The minimum atomic E-state index is -0.0138. The summed E-state index contributed by atoms with van der Waals surface area (Å²) < 4.78 is 1.88. The first-order valence-electron chi connectivity index (χ1n) is 6.45. The Labute approximate surface area is 140 Å². The first-order chi connectivity index (χ1) is 9.08. The van der Waals surface area contributed by atoms with Crippen LogP contribution < -0.4 is 5.32 Å². The molecule has 0 spiro atoms. The van der Waals surface area contributed by atoms with Gasteiger partial charge >= 0.3 is 0 Å². The van der Waals surface area contributed by atoms with Crippen LogP contribution in [0, 0.1) is 9.49 Å². The lowest BCUT2D eigenvalue weighted by atomic mass is 9.88. The Hall–Kier alpha value is 0.190. The van der Waals surface area contributed by atoms with E-state index in [2.05, 4.69) is 43.8 Å². The number of amides is 1. The zero-order chi connectivity index (χ0) is 13.8. The van der Waals surface area contributed by atoms with Crippen LogP contribution in [0.25, 0.3) is 0 Å². The van der Waals surface area contributed by atoms with Crippen molar-refractivity contribution in [1.29, 1.82) is 0 Å². The predicted molar refractivity (Wildman–Crippen MR) is 90.8 cm³/mol. The van der Waals surface area contributed by atoms with E-state index < -0.39 is 0 Å². The molecule has 2 unspecified atom stereocenters. The normalized spacial score (nSPS) is 23.1. The number of rotatable bonds is 3. The van der Waals surface area contributed by atoms with Crippen LogP contribution in [-0.2, 0) is 0 Å². The summed E-state index contributed by atoms with van der Waals surface area (Å²) in [6.07, 6.45) is 4.61. The van der Waals surface area contributed by atoms with Crippen molar-refractivity contribution in [3.63, 3.8) is 0 Å². The maximum absolute atomic E-state index is 12.2. The number of hydrogen-bond acceptors (Lipinski definition) is 1. The largest absolute Gasteiger partial charge is 0.352 e. The zero-order valence-electron chi connectivity index (χ0n) is 10.5. The molecule has 0 bridgehead atoms. The van der Waals surface area contributed by atoms with Crippen LogP contribution in [0.1, 0.15) is 36.0 Å². The van der Waals surface area contributed by atoms with Gasteiger partial charge in [-0.3, -0.25) is 4.79 Å². The summed E-state index contributed by atoms with van der Waals surface area (Å²) in [6, 6.07) is 5.73. The molecule has 0 aromatic heterocycles. The fourth-order valence-corrected chi connectivity index (χ4v) is 3.69. The van der Waals surface area contributed by atoms with Crippen molar-refractivity contribution in [2.45, 2.75) is 31.1 Å². The lowest BCUT2D eigenvalue weighted by molar-refractivity contribution is 0.0943. The molecule has 0 saturated heterocycles. The van der Waals surface area contributed by atoms with E-state index >= 15 is 0 Å². The number of nitrogens with one attached hydrogen (secondary N) is 1. The summed E-state index contributed by atoms with van der Waals surface area (Å²) in [5, 5.41) is 3.22. The highest BCUT2D eigenvalue weighted by atomic mass is 127. The maximum Gasteiger partial charge on any atom is 0.252 e. The molecule has 2 nitrogen and oxygen atoms in total. The second kappa shape index (κ2) is 7.27. The van der Waals surface area contributed by atoms with Gasteiger partial charge in [0, 0.05) is 20.0 Å². The number of carbonyl (C=O) groups excluding carboxylic acids is 1. The Morgan fingerprint density at radius 1 is 1.42 bits per heavy atom. The van der Waals surface area contributed by atoms with Crippen molar-refractivity contribution in [2.24, 2.45) is 5.92 Å². The summed E-state index contributed by atoms with van der Waals surface area (Å²) in [7, 11) is 0. The summed E-state index contributed by atoms with van der Waals surface area (Å²) in [5.74, 6) is 0.393. The molecule has 0 heterocycles. The Bertz CT molecular complexity index is 469. The molecule has 2 atom stereocenters. The highest BCUT2D eigenvalue weighted by Gasteiger charge is 2.23. The molecule has 19 heavy (non-hydrogen) atoms. The second-order valence-electron chi connectivity index (χ2n) is 4.89. The van der Waals surface area contributed by atoms with Crippen LogP contribution >= 0.6 is 50.1 Å². The Balaban J connectivity index is 1.95. The monoisotopic (exact) mass is 455 g/mol. The van der Waals surface area contributed by atoms with Gasteiger partial charge in [0.05, 0.1) is 5.56 Å². The second-order valence-corrected chi connectivity index (χ2v) is 7.53. The van der Waals surface area contributed by atoms with E-state index in [0.717, 1.165) is 26.4 Å². The average molecular weight is 457 g/mol. The van der Waals surface area contributed by atoms with Gasteiger partial charge in [-0.05, 0) is 59.5 Å². The van der Waals surface area contributed by atoms with Gasteiger partial charge in [0.15, 0.2) is 0 Å². The fraction of sp³-hybridized carbons (Fsp3) is 0.500. The first kappa shape index (κ1) is 15.6. The van der Waals surface area contributed by atoms with Crippen molar-refractivity contribution in [2.75, 3.05) is 6.54 Å². The minimum Gasteiger partial charge on any atom is -0.352 e. The molecule has 0 radical (unpaired) electrons. The van der Waals surface area contributed by atoms with Gasteiger partial charge in [0.1, 0.15) is 0 Å². The molecular weight excluding hydrogens is 440 g/mol. The van der Waals surface area contributed by atoms with Crippen molar-refractivity contribution in [3.05, 3.63) is 31.8 Å². The van der Waals surface area contributed by atoms with Crippen molar-refractivity contribution in [3.8, 4) is 0 Å². The van der Waals surface area contributed by atoms with E-state index in [4.69, 9.17) is 11.6 Å². The summed E-state index contributed by atoms with van der Waals surface area (Å²) in [4.78, 5) is 12.2. The Morgan fingerprint density at radius 3 is 2.89 bits per heavy atom. The van der Waals surface area contributed by atoms with E-state index in [1.54, 1.807) is 0 Å². The number of alkyl halides is 1. The molecule has 104 valence electrons. The van der Waals surface area contributed by atoms with Gasteiger partial charge in [-0.2, -0.15) is 0 Å². The highest BCUT2D eigenvalue weighted by Crippen LogP contribution is 2.28. The molecule has 1 fully saturated rings. The van der Waals surface area contributed by atoms with Gasteiger partial charge in [-0.15, -0.1) is 11.6 Å². The molecule has 5 heteroatoms. The maximum atomic E-state index is 12.2. The number of carbonyl (C=O) groups is 1. The summed E-state index contributed by atoms with van der Waals surface area (Å²) in [6.45, 7) is 0.676. The van der Waals surface area contributed by atoms with E-state index in [1.807, 2.05) is 18.2 Å². The quantitative estimate of drug-likeness (QED) is 0.524. The molecule has 1 aromatic rings. The van der Waals surface area contributed by atoms with Gasteiger partial charge in [-0.1, -0.05) is 28.8 Å². The number of halogens is 3. The summed E-state index contributed by atoms with van der Waals surface area (Å²) in [5.41, 5.74) is 0.719. The Morgan fingerprint density at radius 2 is 2.16 bits per heavy atom. The van der Waals surface area contributed by atoms with E-state index in [-0.39, 0.29) is 11.3 Å². The molecule has 1 saturated carbocycles. The molecule has 1 amide bonds. The van der Waals surface area contributed by atoms with Crippen LogP contribution in [0.15, 0.2) is 22.7 Å². The molecule has 1 N–H and O–H groups in total. The van der Waals surface area contributed by atoms with Crippen LogP contribution in [0.3, 0.4) is 0 Å². The Kier molecular flexibility index (Phi) is 5.96. The molecular formula is C14H16BrClINO. The average Bonchev–Trinajstić information content (AvgIpc) is 2.40. The molecule has 1 aromatic carbocycles. The molecule has 1 aliphatic rings. The van der Waals surface area contributed by atoms with Crippen molar-refractivity contribution >= 4 is 56.0 Å². The first-order valence-corrected chi connectivity index (χ1v) is 8.76. The van der Waals surface area contributed by atoms with Crippen molar-refractivity contribution < 1.29 is 4.79 Å². The smallest absolute Gasteiger partial charge is 0.252 e. The molecule has 2 rings (SSSR count). The van der Waals surface area contributed by atoms with E-state index in [9.17, 15) is 4.79 Å². The third-order valence-electron chi connectivity index (χ3n) is 3.51. The lowest BCUT2D eigenvalue weighted by Crippen LogP contribution is -2.35. The van der Waals surface area contributed by atoms with Crippen LogP contribution in [0.4, 0.5) is 0 Å². The van der Waals surface area contributed by atoms with Gasteiger partial charge < -0.3 is 5.32 Å². The van der Waals surface area contributed by atoms with E-state index in [0.29, 0.717) is 12.5 Å². The predicted octanol–water partition coefficient (Wildman–Crippen LogP) is 4.58. The third-order valence-corrected chi connectivity index (χ3v) is 5.52. The lowest BCUT2D eigenvalue weighted by Gasteiger charge is -2.27. The van der Waals surface area contributed by atoms with Crippen LogP contribution in [-0.4, -0.2) is 17.8 Å². The molecule has 1 aliphatic carbocycles.